The molecule has 0 aromatic heterocycles. The molecule has 23 heavy (non-hydrogen) atoms. The van der Waals surface area contributed by atoms with Gasteiger partial charge in [-0.1, -0.05) is 24.3 Å². The van der Waals surface area contributed by atoms with Crippen LogP contribution in [0.4, 0.5) is 0 Å². The van der Waals surface area contributed by atoms with Gasteiger partial charge < -0.3 is 19.1 Å². The highest BCUT2D eigenvalue weighted by molar-refractivity contribution is 14.1. The third-order valence-electron chi connectivity index (χ3n) is 3.72. The second-order valence-electron chi connectivity index (χ2n) is 5.71. The lowest BCUT2D eigenvalue weighted by Gasteiger charge is -2.23. The molecular formula is C18H20INO3. The first-order chi connectivity index (χ1) is 11.1. The van der Waals surface area contributed by atoms with Gasteiger partial charge in [0, 0.05) is 22.1 Å². The number of benzene rings is 2. The van der Waals surface area contributed by atoms with Crippen molar-refractivity contribution in [3.05, 3.63) is 51.6 Å². The van der Waals surface area contributed by atoms with Gasteiger partial charge in [-0.15, -0.1) is 0 Å². The number of rotatable bonds is 6. The molecule has 2 aromatic rings. The van der Waals surface area contributed by atoms with Gasteiger partial charge in [-0.25, -0.2) is 0 Å². The summed E-state index contributed by atoms with van der Waals surface area (Å²) in [5.41, 5.74) is 1.20. The second kappa shape index (κ2) is 7.40. The minimum atomic E-state index is -0.0267. The molecule has 3 rings (SSSR count). The fraction of sp³-hybridized carbons (Fsp3) is 0.333. The Bertz CT molecular complexity index is 675. The fourth-order valence-corrected chi connectivity index (χ4v) is 3.27. The van der Waals surface area contributed by atoms with Crippen LogP contribution in [0.25, 0.3) is 0 Å². The van der Waals surface area contributed by atoms with Crippen LogP contribution in [0.15, 0.2) is 42.5 Å². The molecule has 2 aromatic carbocycles. The first-order valence-electron chi connectivity index (χ1n) is 7.59. The summed E-state index contributed by atoms with van der Waals surface area (Å²) in [4.78, 5) is 2.17. The van der Waals surface area contributed by atoms with Crippen molar-refractivity contribution >= 4 is 22.6 Å². The zero-order valence-electron chi connectivity index (χ0n) is 13.3. The van der Waals surface area contributed by atoms with Gasteiger partial charge in [0.15, 0.2) is 11.5 Å². The van der Waals surface area contributed by atoms with Gasteiger partial charge in [0.25, 0.3) is 0 Å². The molecule has 0 N–H and O–H groups in total. The zero-order valence-corrected chi connectivity index (χ0v) is 15.4. The van der Waals surface area contributed by atoms with E-state index in [1.54, 1.807) is 0 Å². The van der Waals surface area contributed by atoms with E-state index >= 15 is 0 Å². The molecule has 1 atom stereocenters. The summed E-state index contributed by atoms with van der Waals surface area (Å²) >= 11 is 2.36. The van der Waals surface area contributed by atoms with Crippen molar-refractivity contribution in [3.63, 3.8) is 0 Å². The molecule has 1 aliphatic rings. The minimum Gasteiger partial charge on any atom is -0.482 e. The predicted octanol–water partition coefficient (Wildman–Crippen LogP) is 4.09. The maximum Gasteiger partial charge on any atom is 0.231 e. The van der Waals surface area contributed by atoms with Crippen LogP contribution in [0, 0.1) is 3.57 Å². The van der Waals surface area contributed by atoms with E-state index < -0.39 is 0 Å². The number of nitrogens with zero attached hydrogens (tertiary/aromatic N) is 1. The summed E-state index contributed by atoms with van der Waals surface area (Å²) in [5.74, 6) is 2.19. The van der Waals surface area contributed by atoms with Crippen molar-refractivity contribution in [1.82, 2.24) is 4.90 Å². The summed E-state index contributed by atoms with van der Waals surface area (Å²) < 4.78 is 18.5. The number of fused-ring (bicyclic) bond motifs is 1. The van der Waals surface area contributed by atoms with Crippen molar-refractivity contribution in [1.29, 1.82) is 0 Å². The van der Waals surface area contributed by atoms with E-state index in [9.17, 15) is 0 Å². The lowest BCUT2D eigenvalue weighted by Crippen LogP contribution is -2.19. The Hall–Kier alpha value is -1.47. The molecule has 4 nitrogen and oxygen atoms in total. The Morgan fingerprint density at radius 1 is 1.13 bits per heavy atom. The summed E-state index contributed by atoms with van der Waals surface area (Å²) in [6.07, 6.45) is 0.874. The maximum absolute atomic E-state index is 6.34. The van der Waals surface area contributed by atoms with Crippen molar-refractivity contribution in [2.75, 3.05) is 27.4 Å². The van der Waals surface area contributed by atoms with Crippen LogP contribution in [0.2, 0.25) is 0 Å². The molecule has 1 aliphatic heterocycles. The summed E-state index contributed by atoms with van der Waals surface area (Å²) in [6.45, 7) is 1.20. The van der Waals surface area contributed by atoms with Crippen LogP contribution in [-0.2, 0) is 0 Å². The normalized spacial score (nSPS) is 14.1. The van der Waals surface area contributed by atoms with Gasteiger partial charge >= 0.3 is 0 Å². The summed E-state index contributed by atoms with van der Waals surface area (Å²) in [6, 6.07) is 14.1. The van der Waals surface area contributed by atoms with Gasteiger partial charge in [-0.3, -0.25) is 0 Å². The zero-order chi connectivity index (χ0) is 16.2. The van der Waals surface area contributed by atoms with Crippen LogP contribution in [0.5, 0.6) is 17.2 Å². The first kappa shape index (κ1) is 16.4. The average Bonchev–Trinajstić information content (AvgIpc) is 3.01. The van der Waals surface area contributed by atoms with E-state index in [0.717, 1.165) is 24.5 Å². The number of hydrogen-bond donors (Lipinski definition) is 0. The largest absolute Gasteiger partial charge is 0.482 e. The third kappa shape index (κ3) is 3.90. The molecule has 122 valence electrons. The predicted molar refractivity (Wildman–Crippen MR) is 98.3 cm³/mol. The lowest BCUT2D eigenvalue weighted by molar-refractivity contribution is 0.153. The number of hydrogen-bond acceptors (Lipinski definition) is 4. The second-order valence-corrected chi connectivity index (χ2v) is 6.87. The molecule has 0 aliphatic carbocycles. The van der Waals surface area contributed by atoms with Crippen LogP contribution in [-0.4, -0.2) is 32.3 Å². The molecule has 0 saturated heterocycles. The quantitative estimate of drug-likeness (QED) is 0.653. The van der Waals surface area contributed by atoms with Crippen LogP contribution >= 0.6 is 22.6 Å². The summed E-state index contributed by atoms with van der Waals surface area (Å²) in [5, 5.41) is 0. The van der Waals surface area contributed by atoms with Crippen molar-refractivity contribution in [2.24, 2.45) is 0 Å². The molecule has 0 saturated carbocycles. The SMILES string of the molecule is CN(C)CCC(Oc1cccc2c1OCO2)c1ccccc1I. The van der Waals surface area contributed by atoms with Gasteiger partial charge in [-0.05, 0) is 54.9 Å². The standard InChI is InChI=1S/C18H20INO3/c1-20(2)11-10-15(13-6-3-4-7-14(13)19)23-17-9-5-8-16-18(17)22-12-21-16/h3-9,15H,10-12H2,1-2H3. The fourth-order valence-electron chi connectivity index (χ4n) is 2.54. The maximum atomic E-state index is 6.34. The van der Waals surface area contributed by atoms with Gasteiger partial charge in [0.05, 0.1) is 0 Å². The van der Waals surface area contributed by atoms with E-state index in [1.807, 2.05) is 24.3 Å². The Labute approximate surface area is 150 Å². The molecule has 0 spiro atoms. The van der Waals surface area contributed by atoms with Crippen molar-refractivity contribution < 1.29 is 14.2 Å². The van der Waals surface area contributed by atoms with E-state index in [4.69, 9.17) is 14.2 Å². The van der Waals surface area contributed by atoms with E-state index in [0.29, 0.717) is 5.75 Å². The number of para-hydroxylation sites is 1. The highest BCUT2D eigenvalue weighted by atomic mass is 127. The Kier molecular flexibility index (Phi) is 5.27. The molecule has 0 amide bonds. The van der Waals surface area contributed by atoms with Crippen LogP contribution in [0.3, 0.4) is 0 Å². The third-order valence-corrected chi connectivity index (χ3v) is 4.70. The smallest absolute Gasteiger partial charge is 0.231 e. The van der Waals surface area contributed by atoms with Gasteiger partial charge in [0.1, 0.15) is 6.10 Å². The van der Waals surface area contributed by atoms with E-state index in [2.05, 4.69) is 59.8 Å². The highest BCUT2D eigenvalue weighted by Gasteiger charge is 2.23. The topological polar surface area (TPSA) is 30.9 Å². The van der Waals surface area contributed by atoms with Gasteiger partial charge in [-0.2, -0.15) is 0 Å². The first-order valence-corrected chi connectivity index (χ1v) is 8.67. The minimum absolute atomic E-state index is 0.0267. The monoisotopic (exact) mass is 425 g/mol. The Morgan fingerprint density at radius 3 is 2.74 bits per heavy atom. The molecular weight excluding hydrogens is 405 g/mol. The van der Waals surface area contributed by atoms with Crippen LogP contribution in [0.1, 0.15) is 18.1 Å². The molecule has 1 unspecified atom stereocenters. The molecule has 5 heteroatoms. The molecule has 0 bridgehead atoms. The van der Waals surface area contributed by atoms with E-state index in [1.165, 1.54) is 9.13 Å². The molecule has 0 radical (unpaired) electrons. The van der Waals surface area contributed by atoms with Crippen molar-refractivity contribution in [3.8, 4) is 17.2 Å². The lowest BCUT2D eigenvalue weighted by atomic mass is 10.1. The average molecular weight is 425 g/mol. The summed E-state index contributed by atoms with van der Waals surface area (Å²) in [7, 11) is 4.15. The van der Waals surface area contributed by atoms with Gasteiger partial charge in [0.2, 0.25) is 12.5 Å². The molecule has 0 fully saturated rings. The Morgan fingerprint density at radius 2 is 1.96 bits per heavy atom. The molecule has 1 heterocycles. The van der Waals surface area contributed by atoms with Crippen LogP contribution < -0.4 is 14.2 Å². The number of ether oxygens (including phenoxy) is 3. The van der Waals surface area contributed by atoms with E-state index in [-0.39, 0.29) is 12.9 Å². The highest BCUT2D eigenvalue weighted by Crippen LogP contribution is 2.42. The van der Waals surface area contributed by atoms with Crippen molar-refractivity contribution in [2.45, 2.75) is 12.5 Å². The Balaban J connectivity index is 1.87. The number of halogens is 1.